The summed E-state index contributed by atoms with van der Waals surface area (Å²) in [6, 6.07) is 0. The minimum Gasteiger partial charge on any atom is -0.299 e. The van der Waals surface area contributed by atoms with Gasteiger partial charge in [0.05, 0.1) is 10.7 Å². The first-order chi connectivity index (χ1) is 6.22. The van der Waals surface area contributed by atoms with Gasteiger partial charge in [-0.3, -0.25) is 4.79 Å². The number of Topliss-reactive ketones (excluding diaryl/α,β-unsaturated/α-hetero) is 1. The average Bonchev–Trinajstić information content (AvgIpc) is 2.48. The highest BCUT2D eigenvalue weighted by Crippen LogP contribution is 2.09. The molecule has 0 spiro atoms. The van der Waals surface area contributed by atoms with Crippen LogP contribution in [-0.4, -0.2) is 10.8 Å². The Labute approximate surface area is 82.0 Å². The van der Waals surface area contributed by atoms with Gasteiger partial charge in [-0.05, 0) is 6.92 Å². The number of hydrogen-bond acceptors (Lipinski definition) is 3. The van der Waals surface area contributed by atoms with Crippen molar-refractivity contribution in [1.82, 2.24) is 4.98 Å². The fraction of sp³-hybridized carbons (Fsp3) is 0.400. The van der Waals surface area contributed by atoms with E-state index in [1.807, 2.05) is 12.3 Å². The predicted molar refractivity (Wildman–Crippen MR) is 53.6 cm³/mol. The lowest BCUT2D eigenvalue weighted by Crippen LogP contribution is -2.02. The van der Waals surface area contributed by atoms with E-state index in [1.165, 1.54) is 0 Å². The molecule has 68 valence electrons. The fourth-order valence-corrected chi connectivity index (χ4v) is 1.60. The zero-order chi connectivity index (χ0) is 9.68. The van der Waals surface area contributed by atoms with Crippen LogP contribution < -0.4 is 0 Å². The number of nitrogens with zero attached hydrogens (tertiary/aromatic N) is 1. The molecule has 0 atom stereocenters. The van der Waals surface area contributed by atoms with E-state index in [2.05, 4.69) is 10.9 Å². The Morgan fingerprint density at radius 3 is 3.08 bits per heavy atom. The molecule has 0 aliphatic carbocycles. The largest absolute Gasteiger partial charge is 0.299 e. The molecule has 0 amide bonds. The molecule has 0 saturated heterocycles. The summed E-state index contributed by atoms with van der Waals surface area (Å²) in [6.07, 6.45) is 6.48. The quantitative estimate of drug-likeness (QED) is 0.684. The molecule has 3 heteroatoms. The highest BCUT2D eigenvalue weighted by atomic mass is 32.1. The second kappa shape index (κ2) is 4.78. The molecule has 1 heterocycles. The van der Waals surface area contributed by atoms with E-state index in [0.717, 1.165) is 10.7 Å². The van der Waals surface area contributed by atoms with E-state index in [1.54, 1.807) is 11.3 Å². The van der Waals surface area contributed by atoms with Crippen LogP contribution in [0, 0.1) is 19.3 Å². The molecule has 13 heavy (non-hydrogen) atoms. The topological polar surface area (TPSA) is 30.0 Å². The summed E-state index contributed by atoms with van der Waals surface area (Å²) in [5, 5.41) is 2.92. The third kappa shape index (κ3) is 3.39. The molecule has 0 fully saturated rings. The summed E-state index contributed by atoms with van der Waals surface area (Å²) in [5.74, 6) is 2.62. The van der Waals surface area contributed by atoms with Gasteiger partial charge in [0.15, 0.2) is 0 Å². The van der Waals surface area contributed by atoms with E-state index >= 15 is 0 Å². The molecule has 1 aromatic rings. The first-order valence-corrected chi connectivity index (χ1v) is 4.96. The van der Waals surface area contributed by atoms with E-state index in [-0.39, 0.29) is 5.78 Å². The fourth-order valence-electron chi connectivity index (χ4n) is 0.991. The maximum atomic E-state index is 11.2. The van der Waals surface area contributed by atoms with Crippen LogP contribution in [0.4, 0.5) is 0 Å². The minimum atomic E-state index is 0.170. The van der Waals surface area contributed by atoms with Crippen LogP contribution in [0.25, 0.3) is 0 Å². The summed E-state index contributed by atoms with van der Waals surface area (Å²) in [5.41, 5.74) is 0.865. The van der Waals surface area contributed by atoms with Gasteiger partial charge in [-0.2, -0.15) is 0 Å². The molecule has 0 radical (unpaired) electrons. The van der Waals surface area contributed by atoms with Crippen LogP contribution in [0.1, 0.15) is 23.5 Å². The number of ketones is 1. The number of thiazole rings is 1. The van der Waals surface area contributed by atoms with Crippen LogP contribution in [0.2, 0.25) is 0 Å². The SMILES string of the molecule is C#CCCC(=O)Cc1csc(C)n1. The second-order valence-corrected chi connectivity index (χ2v) is 3.84. The summed E-state index contributed by atoms with van der Waals surface area (Å²) >= 11 is 1.57. The van der Waals surface area contributed by atoms with Crippen LogP contribution >= 0.6 is 11.3 Å². The standard InChI is InChI=1S/C10H11NOS/c1-3-4-5-10(12)6-9-7-13-8(2)11-9/h1,7H,4-6H2,2H3. The average molecular weight is 193 g/mol. The Morgan fingerprint density at radius 1 is 1.77 bits per heavy atom. The molecule has 1 aromatic heterocycles. The molecule has 2 nitrogen and oxygen atoms in total. The number of carbonyl (C=O) groups is 1. The van der Waals surface area contributed by atoms with Crippen LogP contribution in [0.15, 0.2) is 5.38 Å². The third-order valence-electron chi connectivity index (χ3n) is 1.59. The first-order valence-electron chi connectivity index (χ1n) is 4.08. The van der Waals surface area contributed by atoms with Gasteiger partial charge in [0.1, 0.15) is 5.78 Å². The smallest absolute Gasteiger partial charge is 0.139 e. The van der Waals surface area contributed by atoms with Gasteiger partial charge in [-0.1, -0.05) is 0 Å². The molecule has 0 saturated carbocycles. The van der Waals surface area contributed by atoms with Gasteiger partial charge in [0, 0.05) is 24.6 Å². The second-order valence-electron chi connectivity index (χ2n) is 2.78. The van der Waals surface area contributed by atoms with Crippen molar-refractivity contribution in [2.24, 2.45) is 0 Å². The number of carbonyl (C=O) groups excluding carboxylic acids is 1. The minimum absolute atomic E-state index is 0.170. The molecule has 0 aromatic carbocycles. The van der Waals surface area contributed by atoms with Gasteiger partial charge in [0.25, 0.3) is 0 Å². The Bertz CT molecular complexity index is 335. The zero-order valence-electron chi connectivity index (χ0n) is 7.54. The van der Waals surface area contributed by atoms with Crippen LogP contribution in [-0.2, 0) is 11.2 Å². The summed E-state index contributed by atoms with van der Waals surface area (Å²) in [7, 11) is 0. The highest BCUT2D eigenvalue weighted by molar-refractivity contribution is 7.09. The third-order valence-corrected chi connectivity index (χ3v) is 2.42. The highest BCUT2D eigenvalue weighted by Gasteiger charge is 2.05. The van der Waals surface area contributed by atoms with E-state index < -0.39 is 0 Å². The number of aromatic nitrogens is 1. The Balaban J connectivity index is 2.41. The van der Waals surface area contributed by atoms with Crippen molar-refractivity contribution in [3.63, 3.8) is 0 Å². The lowest BCUT2D eigenvalue weighted by atomic mass is 10.1. The first kappa shape index (κ1) is 9.94. The van der Waals surface area contributed by atoms with Crippen LogP contribution in [0.3, 0.4) is 0 Å². The summed E-state index contributed by atoms with van der Waals surface area (Å²) in [4.78, 5) is 15.5. The van der Waals surface area contributed by atoms with Crippen molar-refractivity contribution in [2.75, 3.05) is 0 Å². The van der Waals surface area contributed by atoms with Gasteiger partial charge in [-0.25, -0.2) is 4.98 Å². The van der Waals surface area contributed by atoms with Crippen molar-refractivity contribution in [3.8, 4) is 12.3 Å². The van der Waals surface area contributed by atoms with Crippen molar-refractivity contribution >= 4 is 17.1 Å². The van der Waals surface area contributed by atoms with Gasteiger partial charge < -0.3 is 0 Å². The predicted octanol–water partition coefficient (Wildman–Crippen LogP) is 1.98. The lowest BCUT2D eigenvalue weighted by Gasteiger charge is -1.93. The maximum absolute atomic E-state index is 11.2. The van der Waals surface area contributed by atoms with Crippen molar-refractivity contribution < 1.29 is 4.79 Å². The van der Waals surface area contributed by atoms with Gasteiger partial charge in [0.2, 0.25) is 0 Å². The molecular formula is C10H11NOS. The number of hydrogen-bond donors (Lipinski definition) is 0. The monoisotopic (exact) mass is 193 g/mol. The van der Waals surface area contributed by atoms with E-state index in [4.69, 9.17) is 6.42 Å². The molecule has 1 rings (SSSR count). The zero-order valence-corrected chi connectivity index (χ0v) is 8.36. The van der Waals surface area contributed by atoms with Crippen LogP contribution in [0.5, 0.6) is 0 Å². The Morgan fingerprint density at radius 2 is 2.54 bits per heavy atom. The van der Waals surface area contributed by atoms with Gasteiger partial charge >= 0.3 is 0 Å². The molecular weight excluding hydrogens is 182 g/mol. The van der Waals surface area contributed by atoms with Crippen molar-refractivity contribution in [3.05, 3.63) is 16.1 Å². The Kier molecular flexibility index (Phi) is 3.66. The molecule has 0 aliphatic rings. The number of terminal acetylenes is 1. The normalized spacial score (nSPS) is 9.54. The molecule has 0 unspecified atom stereocenters. The van der Waals surface area contributed by atoms with Crippen molar-refractivity contribution in [1.29, 1.82) is 0 Å². The van der Waals surface area contributed by atoms with E-state index in [0.29, 0.717) is 19.3 Å². The van der Waals surface area contributed by atoms with Gasteiger partial charge in [-0.15, -0.1) is 23.7 Å². The molecule has 0 aliphatic heterocycles. The maximum Gasteiger partial charge on any atom is 0.139 e. The molecule has 0 bridgehead atoms. The van der Waals surface area contributed by atoms with Crippen molar-refractivity contribution in [2.45, 2.75) is 26.2 Å². The number of rotatable bonds is 4. The number of aryl methyl sites for hydroxylation is 1. The van der Waals surface area contributed by atoms with E-state index in [9.17, 15) is 4.79 Å². The summed E-state index contributed by atoms with van der Waals surface area (Å²) in [6.45, 7) is 1.93. The summed E-state index contributed by atoms with van der Waals surface area (Å²) < 4.78 is 0. The molecule has 0 N–H and O–H groups in total. The lowest BCUT2D eigenvalue weighted by molar-refractivity contribution is -0.118. The Hall–Kier alpha value is -1.14.